The Morgan fingerprint density at radius 3 is 1.97 bits per heavy atom. The standard InChI is InChI=1S/C59H43NO/c1-36-40(38-19-8-5-9-20-38)32-34-52-55(36)58(2,3)49-35-39(37-17-6-4-7-18-37)29-33-50(49)60(52)51-27-16-26-48-54(51)45-23-11-14-25-47(45)59(48)46-24-13-10-21-41(46)43-30-31-44-42-22-12-15-28-53(42)61-57(44)56(43)59/h4-36,55H,1-3H3. The largest absolute Gasteiger partial charge is 0.456 e. The van der Waals surface area contributed by atoms with Gasteiger partial charge in [0.2, 0.25) is 0 Å². The number of nitrogens with zero attached hydrogens (tertiary/aromatic N) is 1. The molecule has 0 bridgehead atoms. The van der Waals surface area contributed by atoms with E-state index < -0.39 is 5.41 Å². The van der Waals surface area contributed by atoms with Gasteiger partial charge in [0.25, 0.3) is 0 Å². The third kappa shape index (κ3) is 4.47. The van der Waals surface area contributed by atoms with E-state index in [0.29, 0.717) is 0 Å². The van der Waals surface area contributed by atoms with E-state index in [0.717, 1.165) is 21.9 Å². The van der Waals surface area contributed by atoms with Gasteiger partial charge in [-0.05, 0) is 104 Å². The van der Waals surface area contributed by atoms with Crippen molar-refractivity contribution in [3.63, 3.8) is 0 Å². The first-order chi connectivity index (χ1) is 30.0. The lowest BCUT2D eigenvalue weighted by molar-refractivity contribution is 0.295. The first kappa shape index (κ1) is 34.7. The second-order valence-corrected chi connectivity index (χ2v) is 18.0. The summed E-state index contributed by atoms with van der Waals surface area (Å²) in [5.74, 6) is 0.467. The molecule has 1 spiro atoms. The zero-order valence-electron chi connectivity index (χ0n) is 34.5. The molecule has 2 nitrogen and oxygen atoms in total. The number of benzene rings is 8. The van der Waals surface area contributed by atoms with Crippen molar-refractivity contribution in [3.8, 4) is 33.4 Å². The number of hydrogen-bond donors (Lipinski definition) is 0. The highest BCUT2D eigenvalue weighted by atomic mass is 16.3. The molecule has 290 valence electrons. The maximum atomic E-state index is 7.01. The molecule has 61 heavy (non-hydrogen) atoms. The summed E-state index contributed by atoms with van der Waals surface area (Å²) in [5, 5.41) is 2.32. The maximum Gasteiger partial charge on any atom is 0.140 e. The molecule has 0 amide bonds. The molecule has 0 saturated heterocycles. The molecule has 13 rings (SSSR count). The Balaban J connectivity index is 1.12. The van der Waals surface area contributed by atoms with Crippen LogP contribution >= 0.6 is 0 Å². The van der Waals surface area contributed by atoms with Gasteiger partial charge in [0.1, 0.15) is 11.2 Å². The second kappa shape index (κ2) is 12.4. The number of para-hydroxylation sites is 1. The summed E-state index contributed by atoms with van der Waals surface area (Å²) in [6.07, 6.45) is 4.84. The Hall–Kier alpha value is -7.16. The number of anilines is 2. The Labute approximate surface area is 356 Å². The van der Waals surface area contributed by atoms with Crippen LogP contribution in [0.2, 0.25) is 0 Å². The monoisotopic (exact) mass is 781 g/mol. The molecular formula is C59H43NO. The van der Waals surface area contributed by atoms with Crippen LogP contribution in [0.15, 0.2) is 204 Å². The van der Waals surface area contributed by atoms with E-state index in [1.165, 1.54) is 89.4 Å². The van der Waals surface area contributed by atoms with E-state index in [-0.39, 0.29) is 17.3 Å². The van der Waals surface area contributed by atoms with Gasteiger partial charge in [-0.3, -0.25) is 0 Å². The zero-order chi connectivity index (χ0) is 40.6. The van der Waals surface area contributed by atoms with Gasteiger partial charge in [-0.25, -0.2) is 0 Å². The minimum absolute atomic E-state index is 0.177. The molecular weight excluding hydrogens is 739 g/mol. The van der Waals surface area contributed by atoms with E-state index in [2.05, 4.69) is 220 Å². The third-order valence-electron chi connectivity index (χ3n) is 14.8. The Bertz CT molecular complexity index is 3360. The summed E-state index contributed by atoms with van der Waals surface area (Å²) >= 11 is 0. The van der Waals surface area contributed by atoms with Crippen LogP contribution in [0.3, 0.4) is 0 Å². The van der Waals surface area contributed by atoms with Crippen LogP contribution in [0, 0.1) is 11.8 Å². The maximum absolute atomic E-state index is 7.01. The molecule has 4 aliphatic rings. The van der Waals surface area contributed by atoms with E-state index in [4.69, 9.17) is 4.42 Å². The van der Waals surface area contributed by atoms with Gasteiger partial charge in [0.05, 0.1) is 11.1 Å². The molecule has 9 aromatic rings. The van der Waals surface area contributed by atoms with Crippen molar-refractivity contribution in [2.75, 3.05) is 4.90 Å². The summed E-state index contributed by atoms with van der Waals surface area (Å²) in [6.45, 7) is 7.41. The van der Waals surface area contributed by atoms with Crippen molar-refractivity contribution in [1.29, 1.82) is 0 Å². The number of fused-ring (bicyclic) bond motifs is 16. The van der Waals surface area contributed by atoms with Crippen LogP contribution in [0.4, 0.5) is 11.4 Å². The molecule has 0 saturated carbocycles. The summed E-state index contributed by atoms with van der Waals surface area (Å²) in [7, 11) is 0. The van der Waals surface area contributed by atoms with E-state index in [9.17, 15) is 0 Å². The lowest BCUT2D eigenvalue weighted by Crippen LogP contribution is -2.45. The average molecular weight is 782 g/mol. The minimum Gasteiger partial charge on any atom is -0.456 e. The van der Waals surface area contributed by atoms with Crippen molar-refractivity contribution in [1.82, 2.24) is 0 Å². The van der Waals surface area contributed by atoms with Crippen LogP contribution < -0.4 is 4.90 Å². The predicted octanol–water partition coefficient (Wildman–Crippen LogP) is 15.3. The minimum atomic E-state index is -0.579. The Morgan fingerprint density at radius 2 is 1.16 bits per heavy atom. The van der Waals surface area contributed by atoms with Crippen LogP contribution in [-0.4, -0.2) is 0 Å². The summed E-state index contributed by atoms with van der Waals surface area (Å²) in [4.78, 5) is 2.65. The van der Waals surface area contributed by atoms with Crippen LogP contribution in [-0.2, 0) is 10.8 Å². The molecule has 1 aliphatic heterocycles. The Morgan fingerprint density at radius 1 is 0.492 bits per heavy atom. The molecule has 3 aliphatic carbocycles. The quantitative estimate of drug-likeness (QED) is 0.177. The fourth-order valence-corrected chi connectivity index (χ4v) is 12.3. The predicted molar refractivity (Wildman–Crippen MR) is 252 cm³/mol. The SMILES string of the molecule is CC1C(c2ccccc2)=CC=C2C1C(C)(C)c1cc(-c3ccccc3)ccc1N2c1cccc2c1-c1ccccc1C21c2ccccc2-c2ccc3c(oc4ccccc43)c21. The van der Waals surface area contributed by atoms with Crippen molar-refractivity contribution in [3.05, 3.63) is 233 Å². The molecule has 0 fully saturated rings. The highest BCUT2D eigenvalue weighted by molar-refractivity contribution is 6.12. The lowest BCUT2D eigenvalue weighted by atomic mass is 9.60. The molecule has 3 atom stereocenters. The molecule has 8 aromatic carbocycles. The summed E-state index contributed by atoms with van der Waals surface area (Å²) < 4.78 is 7.01. The number of allylic oxidation sites excluding steroid dienone is 4. The molecule has 0 N–H and O–H groups in total. The second-order valence-electron chi connectivity index (χ2n) is 18.0. The van der Waals surface area contributed by atoms with Gasteiger partial charge in [-0.1, -0.05) is 179 Å². The first-order valence-electron chi connectivity index (χ1n) is 21.7. The average Bonchev–Trinajstić information content (AvgIpc) is 3.94. The van der Waals surface area contributed by atoms with Crippen molar-refractivity contribution >= 4 is 38.9 Å². The van der Waals surface area contributed by atoms with Gasteiger partial charge in [0, 0.05) is 44.6 Å². The van der Waals surface area contributed by atoms with E-state index in [1.54, 1.807) is 0 Å². The van der Waals surface area contributed by atoms with Gasteiger partial charge >= 0.3 is 0 Å². The van der Waals surface area contributed by atoms with Gasteiger partial charge in [0.15, 0.2) is 0 Å². The fourth-order valence-electron chi connectivity index (χ4n) is 12.3. The smallest absolute Gasteiger partial charge is 0.140 e. The van der Waals surface area contributed by atoms with Gasteiger partial charge in [-0.2, -0.15) is 0 Å². The first-order valence-corrected chi connectivity index (χ1v) is 21.7. The van der Waals surface area contributed by atoms with Crippen LogP contribution in [0.1, 0.15) is 54.2 Å². The molecule has 0 radical (unpaired) electrons. The highest BCUT2D eigenvalue weighted by Gasteiger charge is 2.55. The zero-order valence-corrected chi connectivity index (χ0v) is 34.5. The van der Waals surface area contributed by atoms with Crippen molar-refractivity contribution in [2.24, 2.45) is 11.8 Å². The molecule has 2 heteroatoms. The topological polar surface area (TPSA) is 16.4 Å². The number of hydrogen-bond acceptors (Lipinski definition) is 2. The van der Waals surface area contributed by atoms with Crippen molar-refractivity contribution in [2.45, 2.75) is 31.6 Å². The van der Waals surface area contributed by atoms with Gasteiger partial charge < -0.3 is 9.32 Å². The fraction of sp³-hybridized carbons (Fsp3) is 0.119. The molecule has 1 aromatic heterocycles. The number of furan rings is 1. The van der Waals surface area contributed by atoms with Crippen LogP contribution in [0.25, 0.3) is 60.9 Å². The summed E-state index contributed by atoms with van der Waals surface area (Å²) in [6, 6.07) is 67.6. The van der Waals surface area contributed by atoms with Crippen molar-refractivity contribution < 1.29 is 4.42 Å². The van der Waals surface area contributed by atoms with Gasteiger partial charge in [-0.15, -0.1) is 0 Å². The molecule has 2 heterocycles. The van der Waals surface area contributed by atoms with Crippen LogP contribution in [0.5, 0.6) is 0 Å². The lowest BCUT2D eigenvalue weighted by Gasteiger charge is -2.52. The van der Waals surface area contributed by atoms with E-state index in [1.807, 2.05) is 0 Å². The highest BCUT2D eigenvalue weighted by Crippen LogP contribution is 2.67. The summed E-state index contributed by atoms with van der Waals surface area (Å²) in [5.41, 5.74) is 21.7. The third-order valence-corrected chi connectivity index (χ3v) is 14.8. The normalized spacial score (nSPS) is 20.1. The number of rotatable bonds is 3. The molecule has 3 unspecified atom stereocenters. The Kier molecular flexibility index (Phi) is 7.07. The van der Waals surface area contributed by atoms with E-state index >= 15 is 0 Å².